The molecule has 0 atom stereocenters. The third kappa shape index (κ3) is 1.66. The maximum atomic E-state index is 10.2. The van der Waals surface area contributed by atoms with Gasteiger partial charge in [-0.1, -0.05) is 0 Å². The number of nitrogens with zero attached hydrogens (tertiary/aromatic N) is 2. The number of carboxylic acids is 1. The van der Waals surface area contributed by atoms with Crippen molar-refractivity contribution in [2.45, 2.75) is 0 Å². The fourth-order valence-corrected chi connectivity index (χ4v) is 0.524. The zero-order chi connectivity index (χ0) is 6.85. The molecule has 0 aromatic carbocycles. The Labute approximate surface area is 71.5 Å². The molecule has 1 aromatic rings. The molecule has 0 amide bonds. The summed E-state index contributed by atoms with van der Waals surface area (Å²) in [7, 11) is 1.56. The van der Waals surface area contributed by atoms with E-state index in [1.54, 1.807) is 7.05 Å². The van der Waals surface area contributed by atoms with Crippen LogP contribution in [0.4, 0.5) is 0 Å². The maximum Gasteiger partial charge on any atom is 0.269 e. The van der Waals surface area contributed by atoms with Crippen molar-refractivity contribution in [3.63, 3.8) is 0 Å². The SMILES string of the molecule is Cn1n[c-]cc1C(=O)O.[Re]. The van der Waals surface area contributed by atoms with E-state index in [1.807, 2.05) is 0 Å². The van der Waals surface area contributed by atoms with Crippen LogP contribution >= 0.6 is 0 Å². The molecule has 1 rings (SSSR count). The van der Waals surface area contributed by atoms with Crippen molar-refractivity contribution < 1.29 is 30.3 Å². The third-order valence-electron chi connectivity index (χ3n) is 0.977. The fraction of sp³-hybridized carbons (Fsp3) is 0.200. The number of hydrogen-bond donors (Lipinski definition) is 1. The Kier molecular flexibility index (Phi) is 3.27. The standard InChI is InChI=1S/C5H5N2O2.Re/c1-7-4(5(8)9)2-3-6-7;/h2H,1H3,(H,8,9);/q-1;. The topological polar surface area (TPSA) is 55.1 Å². The second kappa shape index (κ2) is 3.50. The smallest absolute Gasteiger partial charge is 0.269 e. The molecule has 0 saturated carbocycles. The summed E-state index contributed by atoms with van der Waals surface area (Å²) in [5.74, 6) is -0.980. The Morgan fingerprint density at radius 2 is 2.50 bits per heavy atom. The average Bonchev–Trinajstić information content (AvgIpc) is 2.13. The normalized spacial score (nSPS) is 8.50. The molecule has 0 bridgehead atoms. The molecular weight excluding hydrogens is 306 g/mol. The summed E-state index contributed by atoms with van der Waals surface area (Å²) in [5.41, 5.74) is 0.148. The molecule has 4 nitrogen and oxygen atoms in total. The van der Waals surface area contributed by atoms with Crippen LogP contribution in [-0.4, -0.2) is 20.9 Å². The van der Waals surface area contributed by atoms with Gasteiger partial charge >= 0.3 is 0 Å². The van der Waals surface area contributed by atoms with Crippen molar-refractivity contribution in [1.82, 2.24) is 9.78 Å². The molecule has 0 aliphatic rings. The third-order valence-corrected chi connectivity index (χ3v) is 0.977. The molecule has 1 heterocycles. The average molecular weight is 311 g/mol. The molecule has 0 saturated heterocycles. The minimum absolute atomic E-state index is 0. The number of carboxylic acid groups (broad SMARTS) is 1. The van der Waals surface area contributed by atoms with Gasteiger partial charge < -0.3 is 14.9 Å². The van der Waals surface area contributed by atoms with E-state index in [4.69, 9.17) is 5.11 Å². The van der Waals surface area contributed by atoms with Gasteiger partial charge in [-0.3, -0.25) is 4.79 Å². The van der Waals surface area contributed by atoms with Crippen LogP contribution in [0.3, 0.4) is 0 Å². The van der Waals surface area contributed by atoms with Crippen molar-refractivity contribution in [1.29, 1.82) is 0 Å². The zero-order valence-electron chi connectivity index (χ0n) is 5.21. The fourth-order valence-electron chi connectivity index (χ4n) is 0.524. The van der Waals surface area contributed by atoms with Crippen molar-refractivity contribution in [3.05, 3.63) is 18.0 Å². The predicted octanol–water partition coefficient (Wildman–Crippen LogP) is -0.0840. The Balaban J connectivity index is 0.000000810. The maximum absolute atomic E-state index is 10.2. The molecule has 0 fully saturated rings. The van der Waals surface area contributed by atoms with E-state index < -0.39 is 5.97 Å². The second-order valence-electron chi connectivity index (χ2n) is 1.59. The summed E-state index contributed by atoms with van der Waals surface area (Å²) in [6, 6.07) is 1.32. The van der Waals surface area contributed by atoms with E-state index in [0.717, 1.165) is 0 Å². The van der Waals surface area contributed by atoms with Crippen molar-refractivity contribution in [3.8, 4) is 0 Å². The van der Waals surface area contributed by atoms with E-state index in [2.05, 4.69) is 11.3 Å². The Hall–Kier alpha value is -0.658. The van der Waals surface area contributed by atoms with Gasteiger partial charge in [0.2, 0.25) is 0 Å². The van der Waals surface area contributed by atoms with Gasteiger partial charge in [-0.15, -0.1) is 6.20 Å². The monoisotopic (exact) mass is 312 g/mol. The largest absolute Gasteiger partial charge is 0.490 e. The van der Waals surface area contributed by atoms with E-state index >= 15 is 0 Å². The second-order valence-corrected chi connectivity index (χ2v) is 1.59. The van der Waals surface area contributed by atoms with Gasteiger partial charge in [-0.2, -0.15) is 6.07 Å². The first kappa shape index (κ1) is 9.34. The molecular formula is C5H5N2O2Re-. The van der Waals surface area contributed by atoms with E-state index in [9.17, 15) is 4.79 Å². The Bertz CT molecular complexity index is 233. The molecule has 0 aliphatic carbocycles. The van der Waals surface area contributed by atoms with Gasteiger partial charge in [0.25, 0.3) is 5.97 Å². The van der Waals surface area contributed by atoms with Gasteiger partial charge in [0.1, 0.15) is 0 Å². The number of rotatable bonds is 1. The van der Waals surface area contributed by atoms with Gasteiger partial charge in [-0.05, 0) is 5.69 Å². The van der Waals surface area contributed by atoms with Gasteiger partial charge in [0.05, 0.1) is 0 Å². The zero-order valence-corrected chi connectivity index (χ0v) is 7.92. The summed E-state index contributed by atoms with van der Waals surface area (Å²) in [5, 5.41) is 11.9. The molecule has 1 N–H and O–H groups in total. The van der Waals surface area contributed by atoms with E-state index in [-0.39, 0.29) is 26.1 Å². The minimum atomic E-state index is -0.980. The molecule has 0 unspecified atom stereocenters. The summed E-state index contributed by atoms with van der Waals surface area (Å²) in [6.45, 7) is 0. The molecule has 1 aromatic heterocycles. The molecule has 0 spiro atoms. The van der Waals surface area contributed by atoms with Crippen LogP contribution in [0.2, 0.25) is 0 Å². The minimum Gasteiger partial charge on any atom is -0.490 e. The summed E-state index contributed by atoms with van der Waals surface area (Å²) in [4.78, 5) is 10.2. The Morgan fingerprint density at radius 3 is 2.70 bits per heavy atom. The van der Waals surface area contributed by atoms with Gasteiger partial charge in [-0.25, -0.2) is 0 Å². The van der Waals surface area contributed by atoms with Gasteiger partial charge in [0, 0.05) is 27.5 Å². The first-order chi connectivity index (χ1) is 4.22. The van der Waals surface area contributed by atoms with Crippen molar-refractivity contribution >= 4 is 5.97 Å². The molecule has 55 valence electrons. The number of aryl methyl sites for hydroxylation is 1. The van der Waals surface area contributed by atoms with Crippen LogP contribution in [0, 0.1) is 6.20 Å². The number of carbonyl (C=O) groups is 1. The number of hydrogen-bond acceptors (Lipinski definition) is 2. The van der Waals surface area contributed by atoms with Crippen molar-refractivity contribution in [2.24, 2.45) is 7.05 Å². The predicted molar refractivity (Wildman–Crippen MR) is 29.0 cm³/mol. The molecule has 0 aliphatic heterocycles. The first-order valence-corrected chi connectivity index (χ1v) is 2.35. The number of aromatic nitrogens is 2. The number of aromatic carboxylic acids is 1. The van der Waals surface area contributed by atoms with Crippen LogP contribution in [0.25, 0.3) is 0 Å². The van der Waals surface area contributed by atoms with Crippen molar-refractivity contribution in [2.75, 3.05) is 0 Å². The van der Waals surface area contributed by atoms with E-state index in [0.29, 0.717) is 0 Å². The summed E-state index contributed by atoms with van der Waals surface area (Å²) >= 11 is 0. The first-order valence-electron chi connectivity index (χ1n) is 2.35. The van der Waals surface area contributed by atoms with Crippen LogP contribution < -0.4 is 0 Å². The van der Waals surface area contributed by atoms with Crippen LogP contribution in [0.1, 0.15) is 10.5 Å². The quantitative estimate of drug-likeness (QED) is 0.738. The van der Waals surface area contributed by atoms with Crippen LogP contribution in [0.5, 0.6) is 0 Å². The summed E-state index contributed by atoms with van der Waals surface area (Å²) in [6.07, 6.45) is 2.41. The van der Waals surface area contributed by atoms with Crippen LogP contribution in [0.15, 0.2) is 6.07 Å². The molecule has 1 radical (unpaired) electrons. The van der Waals surface area contributed by atoms with Crippen LogP contribution in [-0.2, 0) is 27.5 Å². The van der Waals surface area contributed by atoms with Gasteiger partial charge in [0.15, 0.2) is 0 Å². The van der Waals surface area contributed by atoms with E-state index in [1.165, 1.54) is 10.7 Å². The molecule has 10 heavy (non-hydrogen) atoms. The summed E-state index contributed by atoms with van der Waals surface area (Å²) < 4.78 is 1.25. The Morgan fingerprint density at radius 1 is 1.90 bits per heavy atom. The molecule has 5 heteroatoms.